The summed E-state index contributed by atoms with van der Waals surface area (Å²) in [5.74, 6) is 0.689. The van der Waals surface area contributed by atoms with Gasteiger partial charge in [-0.25, -0.2) is 0 Å². The first-order chi connectivity index (χ1) is 9.15. The molecule has 2 rings (SSSR count). The summed E-state index contributed by atoms with van der Waals surface area (Å²) in [5.41, 5.74) is 2.23. The Morgan fingerprint density at radius 3 is 2.84 bits per heavy atom. The van der Waals surface area contributed by atoms with E-state index in [2.05, 4.69) is 10.3 Å². The monoisotopic (exact) mass is 258 g/mol. The van der Waals surface area contributed by atoms with Gasteiger partial charge in [-0.1, -0.05) is 6.92 Å². The molecule has 100 valence electrons. The van der Waals surface area contributed by atoms with Gasteiger partial charge in [-0.05, 0) is 37.6 Å². The van der Waals surface area contributed by atoms with Crippen molar-refractivity contribution in [3.8, 4) is 5.75 Å². The molecule has 1 aromatic carbocycles. The van der Waals surface area contributed by atoms with Crippen molar-refractivity contribution >= 4 is 16.8 Å². The molecule has 0 radical (unpaired) electrons. The molecule has 0 aliphatic carbocycles. The summed E-state index contributed by atoms with van der Waals surface area (Å²) in [6, 6.07) is 7.52. The molecule has 2 aromatic rings. The van der Waals surface area contributed by atoms with Crippen LogP contribution in [0.1, 0.15) is 29.4 Å². The van der Waals surface area contributed by atoms with Gasteiger partial charge in [0.1, 0.15) is 5.75 Å². The molecular weight excluding hydrogens is 240 g/mol. The summed E-state index contributed by atoms with van der Waals surface area (Å²) >= 11 is 0. The zero-order valence-corrected chi connectivity index (χ0v) is 11.5. The van der Waals surface area contributed by atoms with Crippen LogP contribution >= 0.6 is 0 Å². The number of methoxy groups -OCH3 is 1. The third kappa shape index (κ3) is 2.84. The number of pyridine rings is 1. The van der Waals surface area contributed by atoms with Crippen LogP contribution in [0.4, 0.5) is 0 Å². The van der Waals surface area contributed by atoms with Crippen molar-refractivity contribution in [2.75, 3.05) is 13.7 Å². The number of aryl methyl sites for hydroxylation is 1. The maximum atomic E-state index is 12.0. The van der Waals surface area contributed by atoms with Crippen LogP contribution in [-0.4, -0.2) is 24.5 Å². The van der Waals surface area contributed by atoms with Gasteiger partial charge in [0.15, 0.2) is 0 Å². The van der Waals surface area contributed by atoms with E-state index in [0.29, 0.717) is 12.1 Å². The van der Waals surface area contributed by atoms with Crippen LogP contribution in [0.3, 0.4) is 0 Å². The summed E-state index contributed by atoms with van der Waals surface area (Å²) in [5, 5.41) is 3.78. The Hall–Kier alpha value is -2.10. The summed E-state index contributed by atoms with van der Waals surface area (Å²) in [6.45, 7) is 4.55. The number of nitrogens with one attached hydrogen (secondary N) is 1. The lowest BCUT2D eigenvalue weighted by molar-refractivity contribution is 0.0953. The standard InChI is InChI=1S/C15H18N2O2/c1-4-7-16-15(18)13-9-11-8-12(19-3)5-6-14(11)17-10(13)2/h5-6,8-9H,4,7H2,1-3H3,(H,16,18). The normalized spacial score (nSPS) is 10.5. The van der Waals surface area contributed by atoms with Gasteiger partial charge in [0, 0.05) is 11.9 Å². The first-order valence-corrected chi connectivity index (χ1v) is 6.39. The van der Waals surface area contributed by atoms with Gasteiger partial charge < -0.3 is 10.1 Å². The predicted molar refractivity (Wildman–Crippen MR) is 75.7 cm³/mol. The predicted octanol–water partition coefficient (Wildman–Crippen LogP) is 2.69. The molecule has 1 N–H and O–H groups in total. The summed E-state index contributed by atoms with van der Waals surface area (Å²) < 4.78 is 5.19. The number of aromatic nitrogens is 1. The molecule has 0 saturated carbocycles. The zero-order chi connectivity index (χ0) is 13.8. The minimum atomic E-state index is -0.0726. The Morgan fingerprint density at radius 2 is 2.16 bits per heavy atom. The maximum absolute atomic E-state index is 12.0. The van der Waals surface area contributed by atoms with Crippen molar-refractivity contribution in [1.82, 2.24) is 10.3 Å². The fourth-order valence-corrected chi connectivity index (χ4v) is 1.94. The molecule has 0 spiro atoms. The van der Waals surface area contributed by atoms with Crippen LogP contribution in [-0.2, 0) is 0 Å². The number of hydrogen-bond acceptors (Lipinski definition) is 3. The second-order valence-electron chi connectivity index (χ2n) is 4.44. The van der Waals surface area contributed by atoms with Crippen molar-refractivity contribution in [1.29, 1.82) is 0 Å². The number of amides is 1. The molecule has 4 nitrogen and oxygen atoms in total. The number of hydrogen-bond donors (Lipinski definition) is 1. The third-order valence-electron chi connectivity index (χ3n) is 2.99. The van der Waals surface area contributed by atoms with Gasteiger partial charge in [0.25, 0.3) is 5.91 Å². The molecule has 0 saturated heterocycles. The van der Waals surface area contributed by atoms with E-state index in [4.69, 9.17) is 4.74 Å². The lowest BCUT2D eigenvalue weighted by Crippen LogP contribution is -2.25. The highest BCUT2D eigenvalue weighted by atomic mass is 16.5. The highest BCUT2D eigenvalue weighted by Crippen LogP contribution is 2.21. The van der Waals surface area contributed by atoms with Crippen LogP contribution in [0.15, 0.2) is 24.3 Å². The van der Waals surface area contributed by atoms with Crippen molar-refractivity contribution in [3.63, 3.8) is 0 Å². The smallest absolute Gasteiger partial charge is 0.253 e. The minimum absolute atomic E-state index is 0.0726. The Bertz CT molecular complexity index is 608. The largest absolute Gasteiger partial charge is 0.497 e. The molecule has 0 aliphatic rings. The first-order valence-electron chi connectivity index (χ1n) is 6.39. The van der Waals surface area contributed by atoms with Gasteiger partial charge in [-0.15, -0.1) is 0 Å². The average Bonchev–Trinajstić information content (AvgIpc) is 2.43. The number of ether oxygens (including phenoxy) is 1. The van der Waals surface area contributed by atoms with Gasteiger partial charge >= 0.3 is 0 Å². The molecule has 0 atom stereocenters. The number of fused-ring (bicyclic) bond motifs is 1. The van der Waals surface area contributed by atoms with Crippen molar-refractivity contribution in [3.05, 3.63) is 35.5 Å². The van der Waals surface area contributed by atoms with Gasteiger partial charge in [-0.2, -0.15) is 0 Å². The molecule has 1 amide bonds. The van der Waals surface area contributed by atoms with Gasteiger partial charge in [0.05, 0.1) is 23.9 Å². The minimum Gasteiger partial charge on any atom is -0.497 e. The van der Waals surface area contributed by atoms with Crippen LogP contribution in [0, 0.1) is 6.92 Å². The third-order valence-corrected chi connectivity index (χ3v) is 2.99. The Balaban J connectivity index is 2.43. The van der Waals surface area contributed by atoms with Crippen LogP contribution in [0.5, 0.6) is 5.75 Å². The van der Waals surface area contributed by atoms with E-state index in [0.717, 1.165) is 28.8 Å². The number of benzene rings is 1. The van der Waals surface area contributed by atoms with E-state index in [1.807, 2.05) is 38.1 Å². The van der Waals surface area contributed by atoms with E-state index in [-0.39, 0.29) is 5.91 Å². The molecule has 0 fully saturated rings. The lowest BCUT2D eigenvalue weighted by atomic mass is 10.1. The fourth-order valence-electron chi connectivity index (χ4n) is 1.94. The molecule has 19 heavy (non-hydrogen) atoms. The quantitative estimate of drug-likeness (QED) is 0.917. The van der Waals surface area contributed by atoms with E-state index < -0.39 is 0 Å². The van der Waals surface area contributed by atoms with Crippen LogP contribution < -0.4 is 10.1 Å². The average molecular weight is 258 g/mol. The van der Waals surface area contributed by atoms with Crippen molar-refractivity contribution in [2.24, 2.45) is 0 Å². The molecule has 0 bridgehead atoms. The Morgan fingerprint density at radius 1 is 1.37 bits per heavy atom. The SMILES string of the molecule is CCCNC(=O)c1cc2cc(OC)ccc2nc1C. The molecule has 1 aromatic heterocycles. The second-order valence-corrected chi connectivity index (χ2v) is 4.44. The maximum Gasteiger partial charge on any atom is 0.253 e. The topological polar surface area (TPSA) is 51.2 Å². The Labute approximate surface area is 112 Å². The van der Waals surface area contributed by atoms with E-state index >= 15 is 0 Å². The van der Waals surface area contributed by atoms with Crippen molar-refractivity contribution in [2.45, 2.75) is 20.3 Å². The fraction of sp³-hybridized carbons (Fsp3) is 0.333. The molecule has 0 aliphatic heterocycles. The molecule has 4 heteroatoms. The van der Waals surface area contributed by atoms with Crippen LogP contribution in [0.2, 0.25) is 0 Å². The summed E-state index contributed by atoms with van der Waals surface area (Å²) in [6.07, 6.45) is 0.916. The molecule has 1 heterocycles. The van der Waals surface area contributed by atoms with Crippen LogP contribution in [0.25, 0.3) is 10.9 Å². The number of nitrogens with zero attached hydrogens (tertiary/aromatic N) is 1. The van der Waals surface area contributed by atoms with E-state index in [1.165, 1.54) is 0 Å². The number of carbonyl (C=O) groups is 1. The van der Waals surface area contributed by atoms with E-state index in [9.17, 15) is 4.79 Å². The highest BCUT2D eigenvalue weighted by Gasteiger charge is 2.11. The second kappa shape index (κ2) is 5.69. The highest BCUT2D eigenvalue weighted by molar-refractivity contribution is 5.98. The Kier molecular flexibility index (Phi) is 4.00. The summed E-state index contributed by atoms with van der Waals surface area (Å²) in [4.78, 5) is 16.5. The summed E-state index contributed by atoms with van der Waals surface area (Å²) in [7, 11) is 1.62. The first kappa shape index (κ1) is 13.3. The van der Waals surface area contributed by atoms with Gasteiger partial charge in [0.2, 0.25) is 0 Å². The molecular formula is C15H18N2O2. The van der Waals surface area contributed by atoms with Gasteiger partial charge in [-0.3, -0.25) is 9.78 Å². The zero-order valence-electron chi connectivity index (χ0n) is 11.5. The lowest BCUT2D eigenvalue weighted by Gasteiger charge is -2.09. The van der Waals surface area contributed by atoms with Crippen molar-refractivity contribution < 1.29 is 9.53 Å². The van der Waals surface area contributed by atoms with E-state index in [1.54, 1.807) is 7.11 Å². The molecule has 0 unspecified atom stereocenters. The number of rotatable bonds is 4. The number of carbonyl (C=O) groups excluding carboxylic acids is 1.